The molecule has 0 saturated heterocycles. The van der Waals surface area contributed by atoms with Crippen molar-refractivity contribution in [2.75, 3.05) is 0 Å². The van der Waals surface area contributed by atoms with Gasteiger partial charge in [-0.2, -0.15) is 0 Å². The molecular weight excluding hydrogens is 192 g/mol. The van der Waals surface area contributed by atoms with Gasteiger partial charge in [-0.1, -0.05) is 44.5 Å². The van der Waals surface area contributed by atoms with Crippen LogP contribution in [0.4, 0.5) is 0 Å². The van der Waals surface area contributed by atoms with Gasteiger partial charge in [0.25, 0.3) is 0 Å². The Bertz CT molecular complexity index is 389. The molecule has 2 aliphatic rings. The SMILES string of the molecule is CC1(C)CCC[C@@H]2Cc3ccccc3C[C@H]21. The molecule has 0 bridgehead atoms. The van der Waals surface area contributed by atoms with Crippen LogP contribution in [-0.4, -0.2) is 0 Å². The van der Waals surface area contributed by atoms with E-state index >= 15 is 0 Å². The summed E-state index contributed by atoms with van der Waals surface area (Å²) in [6, 6.07) is 9.09. The Balaban J connectivity index is 1.95. The van der Waals surface area contributed by atoms with Crippen LogP contribution in [0.2, 0.25) is 0 Å². The lowest BCUT2D eigenvalue weighted by molar-refractivity contribution is 0.0670. The van der Waals surface area contributed by atoms with Crippen LogP contribution in [0, 0.1) is 17.3 Å². The van der Waals surface area contributed by atoms with Gasteiger partial charge in [0.05, 0.1) is 0 Å². The number of fused-ring (bicyclic) bond motifs is 2. The summed E-state index contributed by atoms with van der Waals surface area (Å²) in [6.45, 7) is 4.97. The van der Waals surface area contributed by atoms with Gasteiger partial charge >= 0.3 is 0 Å². The lowest BCUT2D eigenvalue weighted by Gasteiger charge is -2.47. The standard InChI is InChI=1S/C16H22/c1-16(2)9-5-8-14-10-12-6-3-4-7-13(12)11-15(14)16/h3-4,6-7,14-15H,5,8-11H2,1-2H3/t14-,15-/m1/s1. The Morgan fingerprint density at radius 1 is 1.06 bits per heavy atom. The third-order valence-corrected chi connectivity index (χ3v) is 5.01. The van der Waals surface area contributed by atoms with E-state index in [1.807, 2.05) is 0 Å². The average Bonchev–Trinajstić information content (AvgIpc) is 2.27. The summed E-state index contributed by atoms with van der Waals surface area (Å²) >= 11 is 0. The molecule has 1 fully saturated rings. The van der Waals surface area contributed by atoms with E-state index < -0.39 is 0 Å². The second-order valence-corrected chi connectivity index (χ2v) is 6.42. The highest BCUT2D eigenvalue weighted by molar-refractivity contribution is 5.31. The molecule has 0 N–H and O–H groups in total. The molecule has 0 amide bonds. The first-order valence-corrected chi connectivity index (χ1v) is 6.73. The van der Waals surface area contributed by atoms with Crippen molar-refractivity contribution in [3.63, 3.8) is 0 Å². The Hall–Kier alpha value is -0.780. The molecule has 2 atom stereocenters. The molecule has 3 rings (SSSR count). The van der Waals surface area contributed by atoms with Gasteiger partial charge in [-0.3, -0.25) is 0 Å². The fourth-order valence-corrected chi connectivity index (χ4v) is 4.01. The predicted octanol–water partition coefficient (Wildman–Crippen LogP) is 4.23. The molecule has 2 aliphatic carbocycles. The van der Waals surface area contributed by atoms with Crippen molar-refractivity contribution in [1.29, 1.82) is 0 Å². The van der Waals surface area contributed by atoms with E-state index in [4.69, 9.17) is 0 Å². The molecule has 1 aromatic carbocycles. The largest absolute Gasteiger partial charge is 0.0620 e. The van der Waals surface area contributed by atoms with Crippen molar-refractivity contribution >= 4 is 0 Å². The maximum absolute atomic E-state index is 2.48. The van der Waals surface area contributed by atoms with E-state index in [-0.39, 0.29) is 0 Å². The van der Waals surface area contributed by atoms with E-state index in [0.717, 1.165) is 11.8 Å². The highest BCUT2D eigenvalue weighted by Crippen LogP contribution is 2.49. The van der Waals surface area contributed by atoms with E-state index in [1.165, 1.54) is 32.1 Å². The van der Waals surface area contributed by atoms with Crippen LogP contribution < -0.4 is 0 Å². The average molecular weight is 214 g/mol. The van der Waals surface area contributed by atoms with Gasteiger partial charge in [-0.15, -0.1) is 0 Å². The van der Waals surface area contributed by atoms with Crippen LogP contribution in [0.1, 0.15) is 44.2 Å². The second kappa shape index (κ2) is 3.61. The van der Waals surface area contributed by atoms with E-state index in [9.17, 15) is 0 Å². The van der Waals surface area contributed by atoms with Crippen LogP contribution in [0.5, 0.6) is 0 Å². The maximum atomic E-state index is 2.48. The molecule has 0 radical (unpaired) electrons. The van der Waals surface area contributed by atoms with Gasteiger partial charge in [-0.25, -0.2) is 0 Å². The molecule has 0 spiro atoms. The zero-order chi connectivity index (χ0) is 11.2. The summed E-state index contributed by atoms with van der Waals surface area (Å²) in [5, 5.41) is 0. The van der Waals surface area contributed by atoms with E-state index in [0.29, 0.717) is 5.41 Å². The summed E-state index contributed by atoms with van der Waals surface area (Å²) in [5.74, 6) is 1.88. The number of rotatable bonds is 0. The van der Waals surface area contributed by atoms with Crippen molar-refractivity contribution in [1.82, 2.24) is 0 Å². The predicted molar refractivity (Wildman–Crippen MR) is 68.5 cm³/mol. The zero-order valence-electron chi connectivity index (χ0n) is 10.5. The lowest BCUT2D eigenvalue weighted by atomic mass is 9.58. The molecule has 86 valence electrons. The molecule has 0 aromatic heterocycles. The Labute approximate surface area is 99.1 Å². The summed E-state index contributed by atoms with van der Waals surface area (Å²) in [5.41, 5.74) is 3.82. The van der Waals surface area contributed by atoms with Crippen LogP contribution >= 0.6 is 0 Å². The fourth-order valence-electron chi connectivity index (χ4n) is 4.01. The molecule has 0 heteroatoms. The molecule has 0 unspecified atom stereocenters. The van der Waals surface area contributed by atoms with Crippen LogP contribution in [0.3, 0.4) is 0 Å². The van der Waals surface area contributed by atoms with Crippen LogP contribution in [-0.2, 0) is 12.8 Å². The fraction of sp³-hybridized carbons (Fsp3) is 0.625. The molecule has 1 aromatic rings. The third kappa shape index (κ3) is 1.59. The lowest BCUT2D eigenvalue weighted by Crippen LogP contribution is -2.39. The molecular formula is C16H22. The number of hydrogen-bond acceptors (Lipinski definition) is 0. The molecule has 1 saturated carbocycles. The molecule has 0 nitrogen and oxygen atoms in total. The van der Waals surface area contributed by atoms with E-state index in [1.54, 1.807) is 11.1 Å². The van der Waals surface area contributed by atoms with Gasteiger partial charge in [0.1, 0.15) is 0 Å². The van der Waals surface area contributed by atoms with Crippen molar-refractivity contribution in [3.8, 4) is 0 Å². The summed E-state index contributed by atoms with van der Waals surface area (Å²) < 4.78 is 0. The minimum atomic E-state index is 0.566. The van der Waals surface area contributed by atoms with Crippen molar-refractivity contribution in [2.45, 2.75) is 46.0 Å². The summed E-state index contributed by atoms with van der Waals surface area (Å²) in [4.78, 5) is 0. The van der Waals surface area contributed by atoms with Gasteiger partial charge in [0, 0.05) is 0 Å². The first-order valence-electron chi connectivity index (χ1n) is 6.73. The topological polar surface area (TPSA) is 0 Å². The minimum absolute atomic E-state index is 0.566. The summed E-state index contributed by atoms with van der Waals surface area (Å²) in [6.07, 6.45) is 6.99. The van der Waals surface area contributed by atoms with Crippen molar-refractivity contribution < 1.29 is 0 Å². The van der Waals surface area contributed by atoms with Gasteiger partial charge in [-0.05, 0) is 54.1 Å². The van der Waals surface area contributed by atoms with Crippen molar-refractivity contribution in [2.24, 2.45) is 17.3 Å². The zero-order valence-corrected chi connectivity index (χ0v) is 10.5. The quantitative estimate of drug-likeness (QED) is 0.606. The molecule has 0 heterocycles. The minimum Gasteiger partial charge on any atom is -0.0620 e. The Morgan fingerprint density at radius 3 is 2.50 bits per heavy atom. The highest BCUT2D eigenvalue weighted by atomic mass is 14.5. The van der Waals surface area contributed by atoms with Crippen LogP contribution in [0.25, 0.3) is 0 Å². The second-order valence-electron chi connectivity index (χ2n) is 6.42. The Kier molecular flexibility index (Phi) is 2.34. The molecule has 0 aliphatic heterocycles. The first-order chi connectivity index (χ1) is 7.67. The smallest absolute Gasteiger partial charge is 0.0240 e. The van der Waals surface area contributed by atoms with E-state index in [2.05, 4.69) is 38.1 Å². The van der Waals surface area contributed by atoms with Crippen molar-refractivity contribution in [3.05, 3.63) is 35.4 Å². The Morgan fingerprint density at radius 2 is 1.75 bits per heavy atom. The monoisotopic (exact) mass is 214 g/mol. The van der Waals surface area contributed by atoms with Crippen LogP contribution in [0.15, 0.2) is 24.3 Å². The normalized spacial score (nSPS) is 31.6. The first kappa shape index (κ1) is 10.4. The van der Waals surface area contributed by atoms with Gasteiger partial charge in [0.2, 0.25) is 0 Å². The molecule has 16 heavy (non-hydrogen) atoms. The van der Waals surface area contributed by atoms with Gasteiger partial charge < -0.3 is 0 Å². The highest BCUT2D eigenvalue weighted by Gasteiger charge is 2.41. The van der Waals surface area contributed by atoms with Gasteiger partial charge in [0.15, 0.2) is 0 Å². The maximum Gasteiger partial charge on any atom is -0.0240 e. The summed E-state index contributed by atoms with van der Waals surface area (Å²) in [7, 11) is 0. The number of hydrogen-bond donors (Lipinski definition) is 0. The number of benzene rings is 1. The third-order valence-electron chi connectivity index (χ3n) is 5.01.